The van der Waals surface area contributed by atoms with Crippen LogP contribution in [-0.2, 0) is 4.79 Å². The minimum absolute atomic E-state index is 0.289. The standard InChI is InChI=1S/C15H22N2O/c16-11-7-12-3-4-13(8-11)17(12)15(18)14-6-9-1-2-10(14)5-9/h1-2,9-14H,3-8,16H2. The molecule has 2 aliphatic carbocycles. The zero-order valence-electron chi connectivity index (χ0n) is 10.8. The molecule has 4 rings (SSSR count). The van der Waals surface area contributed by atoms with Gasteiger partial charge in [0, 0.05) is 24.0 Å². The van der Waals surface area contributed by atoms with Crippen molar-refractivity contribution in [3.05, 3.63) is 12.2 Å². The molecule has 2 saturated heterocycles. The second-order valence-corrected chi connectivity index (χ2v) is 6.75. The van der Waals surface area contributed by atoms with Crippen LogP contribution in [0.4, 0.5) is 0 Å². The monoisotopic (exact) mass is 246 g/mol. The molecule has 1 saturated carbocycles. The molecule has 0 spiro atoms. The highest BCUT2D eigenvalue weighted by Gasteiger charge is 2.48. The van der Waals surface area contributed by atoms with E-state index >= 15 is 0 Å². The molecule has 5 unspecified atom stereocenters. The summed E-state index contributed by atoms with van der Waals surface area (Å²) in [5.74, 6) is 1.97. The topological polar surface area (TPSA) is 46.3 Å². The summed E-state index contributed by atoms with van der Waals surface area (Å²) in [5.41, 5.74) is 6.08. The lowest BCUT2D eigenvalue weighted by Crippen LogP contribution is -2.52. The molecular formula is C15H22N2O. The fraction of sp³-hybridized carbons (Fsp3) is 0.800. The molecule has 1 amide bonds. The van der Waals surface area contributed by atoms with Gasteiger partial charge in [-0.25, -0.2) is 0 Å². The predicted molar refractivity (Wildman–Crippen MR) is 69.7 cm³/mol. The van der Waals surface area contributed by atoms with Crippen molar-refractivity contribution in [1.29, 1.82) is 0 Å². The van der Waals surface area contributed by atoms with Gasteiger partial charge in [-0.2, -0.15) is 0 Å². The van der Waals surface area contributed by atoms with Crippen LogP contribution in [0.3, 0.4) is 0 Å². The number of hydrogen-bond donors (Lipinski definition) is 1. The number of hydrogen-bond acceptors (Lipinski definition) is 2. The molecule has 0 aromatic rings. The van der Waals surface area contributed by atoms with Crippen molar-refractivity contribution in [2.45, 2.75) is 56.7 Å². The maximum absolute atomic E-state index is 12.8. The van der Waals surface area contributed by atoms with Gasteiger partial charge in [0.1, 0.15) is 0 Å². The summed E-state index contributed by atoms with van der Waals surface area (Å²) in [6, 6.07) is 1.23. The Morgan fingerprint density at radius 2 is 1.78 bits per heavy atom. The van der Waals surface area contributed by atoms with Crippen LogP contribution in [-0.4, -0.2) is 28.9 Å². The molecule has 0 aromatic carbocycles. The van der Waals surface area contributed by atoms with Gasteiger partial charge in [0.25, 0.3) is 0 Å². The average Bonchev–Trinajstić information content (AvgIpc) is 3.02. The van der Waals surface area contributed by atoms with Gasteiger partial charge in [-0.1, -0.05) is 12.2 Å². The SMILES string of the molecule is NC1CC2CCC(C1)N2C(=O)C1CC2C=CC1C2. The van der Waals surface area contributed by atoms with Gasteiger partial charge >= 0.3 is 0 Å². The molecule has 18 heavy (non-hydrogen) atoms. The third-order valence-corrected chi connectivity index (χ3v) is 5.62. The number of carbonyl (C=O) groups is 1. The fourth-order valence-electron chi connectivity index (χ4n) is 4.84. The van der Waals surface area contributed by atoms with Crippen LogP contribution in [0, 0.1) is 17.8 Å². The zero-order valence-corrected chi connectivity index (χ0v) is 10.8. The van der Waals surface area contributed by atoms with Crippen LogP contribution in [0.25, 0.3) is 0 Å². The molecule has 4 bridgehead atoms. The van der Waals surface area contributed by atoms with E-state index in [2.05, 4.69) is 17.1 Å². The Morgan fingerprint density at radius 3 is 2.33 bits per heavy atom. The maximum atomic E-state index is 12.8. The van der Waals surface area contributed by atoms with Crippen LogP contribution in [0.5, 0.6) is 0 Å². The van der Waals surface area contributed by atoms with Crippen LogP contribution >= 0.6 is 0 Å². The fourth-order valence-corrected chi connectivity index (χ4v) is 4.84. The highest BCUT2D eigenvalue weighted by atomic mass is 16.2. The van der Waals surface area contributed by atoms with E-state index in [1.165, 1.54) is 19.3 Å². The van der Waals surface area contributed by atoms with Gasteiger partial charge in [0.05, 0.1) is 0 Å². The van der Waals surface area contributed by atoms with Crippen molar-refractivity contribution in [3.8, 4) is 0 Å². The van der Waals surface area contributed by atoms with Crippen molar-refractivity contribution in [2.75, 3.05) is 0 Å². The number of piperidine rings is 1. The van der Waals surface area contributed by atoms with E-state index in [9.17, 15) is 4.79 Å². The van der Waals surface area contributed by atoms with Crippen LogP contribution in [0.1, 0.15) is 38.5 Å². The van der Waals surface area contributed by atoms with E-state index < -0.39 is 0 Å². The lowest BCUT2D eigenvalue weighted by Gasteiger charge is -2.40. The minimum Gasteiger partial charge on any atom is -0.336 e. The maximum Gasteiger partial charge on any atom is 0.226 e. The van der Waals surface area contributed by atoms with Crippen molar-refractivity contribution in [3.63, 3.8) is 0 Å². The van der Waals surface area contributed by atoms with Gasteiger partial charge in [0.2, 0.25) is 5.91 Å². The Balaban J connectivity index is 1.54. The molecule has 2 N–H and O–H groups in total. The first kappa shape index (κ1) is 11.0. The van der Waals surface area contributed by atoms with E-state index in [0.29, 0.717) is 35.9 Å². The van der Waals surface area contributed by atoms with Gasteiger partial charge < -0.3 is 10.6 Å². The molecule has 3 nitrogen and oxygen atoms in total. The molecule has 0 radical (unpaired) electrons. The number of allylic oxidation sites excluding steroid dienone is 2. The Kier molecular flexibility index (Phi) is 2.35. The van der Waals surface area contributed by atoms with Crippen molar-refractivity contribution >= 4 is 5.91 Å². The third kappa shape index (κ3) is 1.49. The molecular weight excluding hydrogens is 224 g/mol. The lowest BCUT2D eigenvalue weighted by molar-refractivity contribution is -0.141. The summed E-state index contributed by atoms with van der Waals surface area (Å²) in [6.45, 7) is 0. The van der Waals surface area contributed by atoms with Crippen LogP contribution in [0.15, 0.2) is 12.2 Å². The summed E-state index contributed by atoms with van der Waals surface area (Å²) in [5, 5.41) is 0. The Labute approximate surface area is 108 Å². The van der Waals surface area contributed by atoms with Crippen molar-refractivity contribution in [1.82, 2.24) is 4.90 Å². The van der Waals surface area contributed by atoms with Crippen LogP contribution < -0.4 is 5.73 Å². The van der Waals surface area contributed by atoms with Gasteiger partial charge in [-0.15, -0.1) is 0 Å². The third-order valence-electron chi connectivity index (χ3n) is 5.62. The Hall–Kier alpha value is -0.830. The number of nitrogens with two attached hydrogens (primary N) is 1. The first-order valence-corrected chi connectivity index (χ1v) is 7.48. The summed E-state index contributed by atoms with van der Waals surface area (Å²) in [4.78, 5) is 15.0. The number of nitrogens with zero attached hydrogens (tertiary/aromatic N) is 1. The number of fused-ring (bicyclic) bond motifs is 4. The smallest absolute Gasteiger partial charge is 0.226 e. The lowest BCUT2D eigenvalue weighted by atomic mass is 9.89. The van der Waals surface area contributed by atoms with Gasteiger partial charge in [-0.05, 0) is 50.4 Å². The largest absolute Gasteiger partial charge is 0.336 e. The predicted octanol–water partition coefficient (Wildman–Crippen LogP) is 1.68. The van der Waals surface area contributed by atoms with Gasteiger partial charge in [-0.3, -0.25) is 4.79 Å². The Morgan fingerprint density at radius 1 is 1.06 bits per heavy atom. The molecule has 3 fully saturated rings. The van der Waals surface area contributed by atoms with E-state index in [1.807, 2.05) is 0 Å². The van der Waals surface area contributed by atoms with Gasteiger partial charge in [0.15, 0.2) is 0 Å². The van der Waals surface area contributed by atoms with E-state index in [0.717, 1.165) is 19.3 Å². The molecule has 98 valence electrons. The minimum atomic E-state index is 0.289. The molecule has 2 heterocycles. The van der Waals surface area contributed by atoms with Crippen molar-refractivity contribution in [2.24, 2.45) is 23.5 Å². The van der Waals surface area contributed by atoms with E-state index in [4.69, 9.17) is 5.73 Å². The average molecular weight is 246 g/mol. The second kappa shape index (κ2) is 3.83. The molecule has 3 heteroatoms. The number of carbonyl (C=O) groups excluding carboxylic acids is 1. The Bertz CT molecular complexity index is 391. The van der Waals surface area contributed by atoms with E-state index in [1.54, 1.807) is 0 Å². The molecule has 2 aliphatic heterocycles. The summed E-state index contributed by atoms with van der Waals surface area (Å²) >= 11 is 0. The van der Waals surface area contributed by atoms with Crippen LogP contribution in [0.2, 0.25) is 0 Å². The van der Waals surface area contributed by atoms with E-state index in [-0.39, 0.29) is 5.92 Å². The zero-order chi connectivity index (χ0) is 12.3. The number of rotatable bonds is 1. The normalized spacial score (nSPS) is 49.1. The van der Waals surface area contributed by atoms with Crippen molar-refractivity contribution < 1.29 is 4.79 Å². The number of amides is 1. The highest BCUT2D eigenvalue weighted by Crippen LogP contribution is 2.46. The quantitative estimate of drug-likeness (QED) is 0.716. The molecule has 4 aliphatic rings. The first-order chi connectivity index (χ1) is 8.72. The summed E-state index contributed by atoms with van der Waals surface area (Å²) < 4.78 is 0. The first-order valence-electron chi connectivity index (χ1n) is 7.48. The molecule has 5 atom stereocenters. The highest BCUT2D eigenvalue weighted by molar-refractivity contribution is 5.81. The second-order valence-electron chi connectivity index (χ2n) is 6.75. The summed E-state index contributed by atoms with van der Waals surface area (Å²) in [7, 11) is 0. The molecule has 0 aromatic heterocycles. The summed E-state index contributed by atoms with van der Waals surface area (Å²) in [6.07, 6.45) is 11.3.